The fourth-order valence-corrected chi connectivity index (χ4v) is 1.85. The molecule has 0 saturated carbocycles. The highest BCUT2D eigenvalue weighted by Gasteiger charge is 2.35. The van der Waals surface area contributed by atoms with Gasteiger partial charge in [-0.1, -0.05) is 27.7 Å². The van der Waals surface area contributed by atoms with Gasteiger partial charge in [0.15, 0.2) is 0 Å². The number of rotatable bonds is 5. The molecule has 0 fully saturated rings. The minimum absolute atomic E-state index is 0.183. The van der Waals surface area contributed by atoms with E-state index in [1.807, 2.05) is 27.7 Å². The Bertz CT molecular complexity index is 339. The monoisotopic (exact) mass is 287 g/mol. The van der Waals surface area contributed by atoms with Crippen molar-refractivity contribution in [1.29, 1.82) is 0 Å². The summed E-state index contributed by atoms with van der Waals surface area (Å²) >= 11 is 0. The maximum atomic E-state index is 12.2. The van der Waals surface area contributed by atoms with E-state index in [-0.39, 0.29) is 5.41 Å². The summed E-state index contributed by atoms with van der Waals surface area (Å²) in [5, 5.41) is 9.43. The van der Waals surface area contributed by atoms with E-state index in [2.05, 4.69) is 0 Å². The van der Waals surface area contributed by atoms with Crippen LogP contribution in [-0.4, -0.2) is 40.3 Å². The summed E-state index contributed by atoms with van der Waals surface area (Å²) in [7, 11) is 0. The van der Waals surface area contributed by atoms with Crippen LogP contribution in [0.25, 0.3) is 0 Å². The predicted molar refractivity (Wildman–Crippen MR) is 78.7 cm³/mol. The Morgan fingerprint density at radius 3 is 1.95 bits per heavy atom. The number of carbonyl (C=O) groups is 2. The quantitative estimate of drug-likeness (QED) is 0.840. The second kappa shape index (κ2) is 6.95. The predicted octanol–water partition coefficient (Wildman–Crippen LogP) is 3.52. The molecule has 0 aromatic carbocycles. The Hall–Kier alpha value is -1.26. The molecular formula is C15H29NO4. The molecule has 0 saturated heterocycles. The molecule has 1 atom stereocenters. The molecule has 0 aliphatic rings. The molecule has 20 heavy (non-hydrogen) atoms. The van der Waals surface area contributed by atoms with Crippen molar-refractivity contribution >= 4 is 12.1 Å². The van der Waals surface area contributed by atoms with Gasteiger partial charge in [0.25, 0.3) is 0 Å². The molecule has 0 aromatic rings. The first-order valence-corrected chi connectivity index (χ1v) is 7.10. The third kappa shape index (κ3) is 7.36. The van der Waals surface area contributed by atoms with Crippen molar-refractivity contribution in [2.45, 2.75) is 73.0 Å². The maximum absolute atomic E-state index is 12.2. The minimum atomic E-state index is -0.987. The largest absolute Gasteiger partial charge is 0.480 e. The van der Waals surface area contributed by atoms with Gasteiger partial charge in [-0.2, -0.15) is 0 Å². The molecular weight excluding hydrogens is 258 g/mol. The molecule has 0 aliphatic carbocycles. The molecule has 118 valence electrons. The highest BCUT2D eigenvalue weighted by molar-refractivity contribution is 5.80. The smallest absolute Gasteiger partial charge is 0.411 e. The summed E-state index contributed by atoms with van der Waals surface area (Å²) in [5.74, 6) is -0.987. The van der Waals surface area contributed by atoms with Crippen molar-refractivity contribution in [2.24, 2.45) is 5.41 Å². The molecule has 0 aliphatic heterocycles. The number of carboxylic acid groups (broad SMARTS) is 1. The molecule has 0 heterocycles. The van der Waals surface area contributed by atoms with Gasteiger partial charge in [-0.25, -0.2) is 9.59 Å². The molecule has 0 spiro atoms. The Balaban J connectivity index is 5.18. The van der Waals surface area contributed by atoms with Gasteiger partial charge in [0.1, 0.15) is 11.6 Å². The SMILES string of the molecule is CCCN(C(=O)OC(C)(C)C)C(CC(C)(C)C)C(=O)O. The Labute approximate surface area is 122 Å². The van der Waals surface area contributed by atoms with E-state index < -0.39 is 23.7 Å². The summed E-state index contributed by atoms with van der Waals surface area (Å²) in [6, 6.07) is -0.857. The van der Waals surface area contributed by atoms with Crippen LogP contribution < -0.4 is 0 Å². The fraction of sp³-hybridized carbons (Fsp3) is 0.867. The Morgan fingerprint density at radius 1 is 1.15 bits per heavy atom. The van der Waals surface area contributed by atoms with Crippen LogP contribution in [0.15, 0.2) is 0 Å². The number of carboxylic acids is 1. The zero-order valence-corrected chi connectivity index (χ0v) is 13.8. The highest BCUT2D eigenvalue weighted by atomic mass is 16.6. The number of carbonyl (C=O) groups excluding carboxylic acids is 1. The topological polar surface area (TPSA) is 66.8 Å². The lowest BCUT2D eigenvalue weighted by atomic mass is 9.87. The van der Waals surface area contributed by atoms with Crippen molar-refractivity contribution in [1.82, 2.24) is 4.90 Å². The Morgan fingerprint density at radius 2 is 1.65 bits per heavy atom. The maximum Gasteiger partial charge on any atom is 0.411 e. The van der Waals surface area contributed by atoms with Gasteiger partial charge in [0.05, 0.1) is 0 Å². The first-order valence-electron chi connectivity index (χ1n) is 7.10. The first kappa shape index (κ1) is 18.7. The molecule has 0 bridgehead atoms. The standard InChI is InChI=1S/C15H29NO4/c1-8-9-16(13(19)20-15(5,6)7)11(12(17)18)10-14(2,3)4/h11H,8-10H2,1-7H3,(H,17,18). The van der Waals surface area contributed by atoms with Crippen LogP contribution >= 0.6 is 0 Å². The summed E-state index contributed by atoms with van der Waals surface area (Å²) in [6.07, 6.45) is 0.519. The number of hydrogen-bond acceptors (Lipinski definition) is 3. The molecule has 0 radical (unpaired) electrons. The number of hydrogen-bond donors (Lipinski definition) is 1. The fourth-order valence-electron chi connectivity index (χ4n) is 1.85. The number of ether oxygens (including phenoxy) is 1. The van der Waals surface area contributed by atoms with E-state index in [1.54, 1.807) is 20.8 Å². The van der Waals surface area contributed by atoms with E-state index in [0.29, 0.717) is 19.4 Å². The van der Waals surface area contributed by atoms with Gasteiger partial charge < -0.3 is 9.84 Å². The van der Waals surface area contributed by atoms with Gasteiger partial charge >= 0.3 is 12.1 Å². The van der Waals surface area contributed by atoms with Crippen LogP contribution in [0, 0.1) is 5.41 Å². The van der Waals surface area contributed by atoms with Gasteiger partial charge in [-0.05, 0) is 39.0 Å². The van der Waals surface area contributed by atoms with Crippen LogP contribution in [0.1, 0.15) is 61.3 Å². The van der Waals surface area contributed by atoms with E-state index in [0.717, 1.165) is 0 Å². The van der Waals surface area contributed by atoms with Crippen molar-refractivity contribution < 1.29 is 19.4 Å². The zero-order chi connectivity index (χ0) is 16.1. The molecule has 5 nitrogen and oxygen atoms in total. The van der Waals surface area contributed by atoms with E-state index >= 15 is 0 Å². The van der Waals surface area contributed by atoms with Crippen LogP contribution in [0.3, 0.4) is 0 Å². The van der Waals surface area contributed by atoms with Crippen LogP contribution in [0.5, 0.6) is 0 Å². The highest BCUT2D eigenvalue weighted by Crippen LogP contribution is 2.25. The minimum Gasteiger partial charge on any atom is -0.480 e. The normalized spacial score (nSPS) is 13.8. The first-order chi connectivity index (χ1) is 8.87. The van der Waals surface area contributed by atoms with Gasteiger partial charge in [0, 0.05) is 6.54 Å². The Kier molecular flexibility index (Phi) is 6.51. The number of nitrogens with zero attached hydrogens (tertiary/aromatic N) is 1. The lowest BCUT2D eigenvalue weighted by Gasteiger charge is -2.34. The van der Waals surface area contributed by atoms with Crippen molar-refractivity contribution in [3.63, 3.8) is 0 Å². The van der Waals surface area contributed by atoms with Crippen LogP contribution in [0.2, 0.25) is 0 Å². The number of amides is 1. The lowest BCUT2D eigenvalue weighted by Crippen LogP contribution is -2.49. The molecule has 5 heteroatoms. The second-order valence-corrected chi connectivity index (χ2v) is 7.29. The summed E-state index contributed by atoms with van der Waals surface area (Å²) in [6.45, 7) is 13.5. The lowest BCUT2D eigenvalue weighted by molar-refractivity contribution is -0.144. The van der Waals surface area contributed by atoms with Crippen molar-refractivity contribution in [2.75, 3.05) is 6.54 Å². The van der Waals surface area contributed by atoms with Gasteiger partial charge in [0.2, 0.25) is 0 Å². The third-order valence-electron chi connectivity index (χ3n) is 2.56. The number of aliphatic carboxylic acids is 1. The van der Waals surface area contributed by atoms with Gasteiger partial charge in [-0.3, -0.25) is 4.90 Å². The van der Waals surface area contributed by atoms with E-state index in [4.69, 9.17) is 4.74 Å². The van der Waals surface area contributed by atoms with E-state index in [1.165, 1.54) is 4.90 Å². The second-order valence-electron chi connectivity index (χ2n) is 7.29. The summed E-state index contributed by atoms with van der Waals surface area (Å²) in [4.78, 5) is 25.1. The van der Waals surface area contributed by atoms with Gasteiger partial charge in [-0.15, -0.1) is 0 Å². The van der Waals surface area contributed by atoms with Crippen LogP contribution in [-0.2, 0) is 9.53 Å². The molecule has 1 unspecified atom stereocenters. The average Bonchev–Trinajstić information content (AvgIpc) is 2.18. The molecule has 0 aromatic heterocycles. The van der Waals surface area contributed by atoms with Crippen LogP contribution in [0.4, 0.5) is 4.79 Å². The summed E-state index contributed by atoms with van der Waals surface area (Å²) in [5.41, 5.74) is -0.815. The third-order valence-corrected chi connectivity index (χ3v) is 2.56. The summed E-state index contributed by atoms with van der Waals surface area (Å²) < 4.78 is 5.32. The van der Waals surface area contributed by atoms with Crippen molar-refractivity contribution in [3.8, 4) is 0 Å². The molecule has 0 rings (SSSR count). The zero-order valence-electron chi connectivity index (χ0n) is 13.8. The van der Waals surface area contributed by atoms with Crippen molar-refractivity contribution in [3.05, 3.63) is 0 Å². The molecule has 1 amide bonds. The van der Waals surface area contributed by atoms with E-state index in [9.17, 15) is 14.7 Å². The average molecular weight is 287 g/mol. The molecule has 1 N–H and O–H groups in total.